The second-order valence-electron chi connectivity index (χ2n) is 4.14. The van der Waals surface area contributed by atoms with Crippen molar-refractivity contribution in [2.75, 3.05) is 0 Å². The number of rotatable bonds is 2. The van der Waals surface area contributed by atoms with Gasteiger partial charge >= 0.3 is 5.97 Å². The molecule has 0 radical (unpaired) electrons. The molecule has 0 fully saturated rings. The molecule has 0 aliphatic heterocycles. The summed E-state index contributed by atoms with van der Waals surface area (Å²) >= 11 is 0. The van der Waals surface area contributed by atoms with Gasteiger partial charge in [-0.05, 0) is 29.8 Å². The van der Waals surface area contributed by atoms with E-state index in [0.717, 1.165) is 10.8 Å². The lowest BCUT2D eigenvalue weighted by Crippen LogP contribution is -1.99. The third-order valence-corrected chi connectivity index (χ3v) is 2.85. The molecule has 1 aromatic heterocycles. The van der Waals surface area contributed by atoms with Gasteiger partial charge in [-0.25, -0.2) is 4.39 Å². The van der Waals surface area contributed by atoms with E-state index in [1.165, 1.54) is 12.1 Å². The third kappa shape index (κ3) is 1.72. The predicted molar refractivity (Wildman–Crippen MR) is 65.0 cm³/mol. The molecule has 2 aromatic carbocycles. The van der Waals surface area contributed by atoms with Crippen LogP contribution in [0, 0.1) is 5.82 Å². The average Bonchev–Trinajstić information content (AvgIpc) is 2.65. The summed E-state index contributed by atoms with van der Waals surface area (Å²) in [6.07, 6.45) is -0.0379. The number of aliphatic carboxylic acids is 1. The van der Waals surface area contributed by atoms with E-state index >= 15 is 0 Å². The van der Waals surface area contributed by atoms with Gasteiger partial charge in [0.25, 0.3) is 0 Å². The molecule has 0 amide bonds. The van der Waals surface area contributed by atoms with Crippen molar-refractivity contribution >= 4 is 27.9 Å². The minimum atomic E-state index is -0.881. The van der Waals surface area contributed by atoms with Crippen LogP contribution in [0.15, 0.2) is 40.8 Å². The van der Waals surface area contributed by atoms with E-state index in [9.17, 15) is 9.18 Å². The van der Waals surface area contributed by atoms with Crippen molar-refractivity contribution in [2.45, 2.75) is 6.42 Å². The minimum Gasteiger partial charge on any atom is -0.481 e. The second kappa shape index (κ2) is 3.84. The van der Waals surface area contributed by atoms with Gasteiger partial charge in [0.05, 0.1) is 6.42 Å². The third-order valence-electron chi connectivity index (χ3n) is 2.85. The largest absolute Gasteiger partial charge is 0.481 e. The van der Waals surface area contributed by atoms with Gasteiger partial charge in [0, 0.05) is 16.8 Å². The summed E-state index contributed by atoms with van der Waals surface area (Å²) in [5, 5.41) is 10.4. The Morgan fingerprint density at radius 1 is 1.11 bits per heavy atom. The highest BCUT2D eigenvalue weighted by Gasteiger charge is 2.09. The summed E-state index contributed by atoms with van der Waals surface area (Å²) in [7, 11) is 0. The first-order chi connectivity index (χ1) is 8.63. The van der Waals surface area contributed by atoms with E-state index in [4.69, 9.17) is 9.52 Å². The molecule has 3 nitrogen and oxygen atoms in total. The summed E-state index contributed by atoms with van der Waals surface area (Å²) in [5.41, 5.74) is 1.80. The highest BCUT2D eigenvalue weighted by molar-refractivity contribution is 6.05. The Hall–Kier alpha value is -2.36. The number of carbonyl (C=O) groups is 1. The Morgan fingerprint density at radius 3 is 2.72 bits per heavy atom. The first kappa shape index (κ1) is 10.8. The lowest BCUT2D eigenvalue weighted by atomic mass is 10.1. The maximum absolute atomic E-state index is 13.1. The van der Waals surface area contributed by atoms with Crippen LogP contribution in [0.2, 0.25) is 0 Å². The summed E-state index contributed by atoms with van der Waals surface area (Å²) in [6, 6.07) is 9.52. The maximum Gasteiger partial charge on any atom is 0.307 e. The zero-order chi connectivity index (χ0) is 12.7. The molecule has 0 aliphatic rings. The zero-order valence-electron chi connectivity index (χ0n) is 9.31. The molecule has 0 atom stereocenters. The minimum absolute atomic E-state index is 0.0379. The Kier molecular flexibility index (Phi) is 2.30. The smallest absolute Gasteiger partial charge is 0.307 e. The van der Waals surface area contributed by atoms with Crippen molar-refractivity contribution in [3.05, 3.63) is 47.8 Å². The molecule has 18 heavy (non-hydrogen) atoms. The number of fused-ring (bicyclic) bond motifs is 3. The van der Waals surface area contributed by atoms with Gasteiger partial charge in [-0.1, -0.05) is 6.07 Å². The van der Waals surface area contributed by atoms with Crippen LogP contribution in [-0.2, 0) is 11.2 Å². The van der Waals surface area contributed by atoms with Gasteiger partial charge in [-0.2, -0.15) is 0 Å². The molecule has 1 N–H and O–H groups in total. The molecule has 4 heteroatoms. The van der Waals surface area contributed by atoms with Gasteiger partial charge in [0.1, 0.15) is 17.0 Å². The van der Waals surface area contributed by atoms with Crippen molar-refractivity contribution in [1.29, 1.82) is 0 Å². The first-order valence-electron chi connectivity index (χ1n) is 5.46. The quantitative estimate of drug-likeness (QED) is 0.752. The summed E-state index contributed by atoms with van der Waals surface area (Å²) < 4.78 is 18.6. The summed E-state index contributed by atoms with van der Waals surface area (Å²) in [4.78, 5) is 10.7. The van der Waals surface area contributed by atoms with Gasteiger partial charge < -0.3 is 9.52 Å². The van der Waals surface area contributed by atoms with Crippen LogP contribution in [0.25, 0.3) is 21.9 Å². The van der Waals surface area contributed by atoms with Gasteiger partial charge in [-0.3, -0.25) is 4.79 Å². The number of furan rings is 1. The molecule has 0 bridgehead atoms. The average molecular weight is 244 g/mol. The predicted octanol–water partition coefficient (Wildman–Crippen LogP) is 3.35. The molecule has 90 valence electrons. The van der Waals surface area contributed by atoms with Crippen LogP contribution in [-0.4, -0.2) is 11.1 Å². The number of carboxylic acids is 1. The van der Waals surface area contributed by atoms with Crippen LogP contribution in [0.4, 0.5) is 4.39 Å². The highest BCUT2D eigenvalue weighted by Crippen LogP contribution is 2.29. The lowest BCUT2D eigenvalue weighted by molar-refractivity contribution is -0.136. The topological polar surface area (TPSA) is 50.4 Å². The molecule has 0 saturated heterocycles. The molecule has 0 unspecified atom stereocenters. The van der Waals surface area contributed by atoms with Gasteiger partial charge in [-0.15, -0.1) is 0 Å². The molecule has 0 spiro atoms. The molecule has 0 aliphatic carbocycles. The fourth-order valence-electron chi connectivity index (χ4n) is 2.08. The summed E-state index contributed by atoms with van der Waals surface area (Å²) in [5.74, 6) is -1.24. The summed E-state index contributed by atoms with van der Waals surface area (Å²) in [6.45, 7) is 0. The van der Waals surface area contributed by atoms with Crippen LogP contribution in [0.3, 0.4) is 0 Å². The molecular weight excluding hydrogens is 235 g/mol. The van der Waals surface area contributed by atoms with Crippen LogP contribution in [0.5, 0.6) is 0 Å². The standard InChI is InChI=1S/C14H9FO3/c15-9-2-3-10-11-5-8(6-14(16)17)1-4-12(11)18-13(10)7-9/h1-5,7H,6H2,(H,16,17). The monoisotopic (exact) mass is 244 g/mol. The van der Waals surface area contributed by atoms with Crippen molar-refractivity contribution in [3.63, 3.8) is 0 Å². The Labute approximate surface area is 101 Å². The molecule has 3 aromatic rings. The molecular formula is C14H9FO3. The van der Waals surface area contributed by atoms with E-state index in [1.54, 1.807) is 24.3 Å². The van der Waals surface area contributed by atoms with E-state index in [0.29, 0.717) is 16.7 Å². The number of carboxylic acid groups (broad SMARTS) is 1. The first-order valence-corrected chi connectivity index (χ1v) is 5.46. The number of halogens is 1. The normalized spacial score (nSPS) is 11.2. The fourth-order valence-corrected chi connectivity index (χ4v) is 2.08. The van der Waals surface area contributed by atoms with Crippen molar-refractivity contribution in [1.82, 2.24) is 0 Å². The molecule has 0 saturated carbocycles. The zero-order valence-corrected chi connectivity index (χ0v) is 9.31. The highest BCUT2D eigenvalue weighted by atomic mass is 19.1. The number of hydrogen-bond acceptors (Lipinski definition) is 2. The van der Waals surface area contributed by atoms with E-state index < -0.39 is 5.97 Å². The van der Waals surface area contributed by atoms with E-state index in [1.807, 2.05) is 0 Å². The van der Waals surface area contributed by atoms with Gasteiger partial charge in [0.15, 0.2) is 0 Å². The molecule has 3 rings (SSSR count). The SMILES string of the molecule is O=C(O)Cc1ccc2oc3cc(F)ccc3c2c1. The van der Waals surface area contributed by atoms with Crippen molar-refractivity contribution < 1.29 is 18.7 Å². The fraction of sp³-hybridized carbons (Fsp3) is 0.0714. The van der Waals surface area contributed by atoms with Crippen molar-refractivity contribution in [2.24, 2.45) is 0 Å². The van der Waals surface area contributed by atoms with E-state index in [2.05, 4.69) is 0 Å². The van der Waals surface area contributed by atoms with Crippen LogP contribution >= 0.6 is 0 Å². The maximum atomic E-state index is 13.1. The number of benzene rings is 2. The Bertz CT molecular complexity index is 758. The second-order valence-corrected chi connectivity index (χ2v) is 4.14. The number of hydrogen-bond donors (Lipinski definition) is 1. The van der Waals surface area contributed by atoms with E-state index in [-0.39, 0.29) is 12.2 Å². The van der Waals surface area contributed by atoms with Gasteiger partial charge in [0.2, 0.25) is 0 Å². The lowest BCUT2D eigenvalue weighted by Gasteiger charge is -1.96. The molecule has 1 heterocycles. The van der Waals surface area contributed by atoms with Crippen molar-refractivity contribution in [3.8, 4) is 0 Å². The van der Waals surface area contributed by atoms with Crippen LogP contribution in [0.1, 0.15) is 5.56 Å². The Morgan fingerprint density at radius 2 is 1.94 bits per heavy atom. The van der Waals surface area contributed by atoms with Crippen LogP contribution < -0.4 is 0 Å². The Balaban J connectivity index is 2.25.